The summed E-state index contributed by atoms with van der Waals surface area (Å²) in [5, 5.41) is 0. The number of benzene rings is 1. The van der Waals surface area contributed by atoms with Crippen LogP contribution in [0.2, 0.25) is 0 Å². The molecule has 0 atom stereocenters. The van der Waals surface area contributed by atoms with Crippen molar-refractivity contribution in [1.82, 2.24) is 0 Å². The highest BCUT2D eigenvalue weighted by Crippen LogP contribution is 2.27. The minimum atomic E-state index is 0.607. The summed E-state index contributed by atoms with van der Waals surface area (Å²) in [5.74, 6) is 1.21. The van der Waals surface area contributed by atoms with E-state index in [-0.39, 0.29) is 0 Å². The maximum absolute atomic E-state index is 5.72. The van der Waals surface area contributed by atoms with Crippen molar-refractivity contribution in [3.05, 3.63) is 107 Å². The smallest absolute Gasteiger partial charge is 0.226 e. The standard InChI is InChI=1S/C22H16N2O2/c1-3-7-19-17(5-1)13-25-21(23-19)15-9-11-16(12-10-15)22-24-20-8-4-2-6-18(20)14-26-22/h1-4,7-14H,5-6H2. The van der Waals surface area contributed by atoms with Gasteiger partial charge in [-0.3, -0.25) is 0 Å². The van der Waals surface area contributed by atoms with E-state index in [0.29, 0.717) is 11.8 Å². The second-order valence-corrected chi connectivity index (χ2v) is 6.30. The molecule has 0 radical (unpaired) electrons. The van der Waals surface area contributed by atoms with Crippen LogP contribution in [0, 0.1) is 0 Å². The Hall–Kier alpha value is -3.40. The lowest BCUT2D eigenvalue weighted by molar-refractivity contribution is 0.457. The Kier molecular flexibility index (Phi) is 3.53. The predicted molar refractivity (Wildman–Crippen MR) is 102 cm³/mol. The molecule has 0 bridgehead atoms. The molecule has 1 aromatic rings. The first-order valence-electron chi connectivity index (χ1n) is 8.61. The van der Waals surface area contributed by atoms with E-state index in [0.717, 1.165) is 46.5 Å². The number of rotatable bonds is 2. The van der Waals surface area contributed by atoms with Gasteiger partial charge in [0.05, 0.1) is 23.9 Å². The Balaban J connectivity index is 1.40. The molecule has 0 N–H and O–H groups in total. The van der Waals surface area contributed by atoms with Gasteiger partial charge in [-0.25, -0.2) is 9.98 Å². The van der Waals surface area contributed by atoms with Crippen molar-refractivity contribution in [2.75, 3.05) is 0 Å². The minimum Gasteiger partial charge on any atom is -0.446 e. The van der Waals surface area contributed by atoms with Crippen LogP contribution in [0.25, 0.3) is 0 Å². The molecule has 4 aliphatic rings. The molecule has 4 heteroatoms. The molecular weight excluding hydrogens is 324 g/mol. The summed E-state index contributed by atoms with van der Waals surface area (Å²) in [4.78, 5) is 9.24. The fraction of sp³-hybridized carbons (Fsp3) is 0.0909. The zero-order chi connectivity index (χ0) is 17.3. The first-order valence-corrected chi connectivity index (χ1v) is 8.61. The van der Waals surface area contributed by atoms with E-state index in [1.807, 2.05) is 48.6 Å². The van der Waals surface area contributed by atoms with E-state index in [9.17, 15) is 0 Å². The molecule has 2 heterocycles. The Labute approximate surface area is 151 Å². The van der Waals surface area contributed by atoms with E-state index in [4.69, 9.17) is 9.47 Å². The molecule has 2 aliphatic carbocycles. The highest BCUT2D eigenvalue weighted by Gasteiger charge is 2.18. The van der Waals surface area contributed by atoms with Crippen LogP contribution in [0.5, 0.6) is 0 Å². The van der Waals surface area contributed by atoms with Gasteiger partial charge in [0.1, 0.15) is 0 Å². The van der Waals surface area contributed by atoms with Crippen LogP contribution in [-0.2, 0) is 9.47 Å². The van der Waals surface area contributed by atoms with Gasteiger partial charge in [0.15, 0.2) is 0 Å². The van der Waals surface area contributed by atoms with Crippen LogP contribution >= 0.6 is 0 Å². The lowest BCUT2D eigenvalue weighted by atomic mass is 10.0. The Morgan fingerprint density at radius 1 is 0.654 bits per heavy atom. The summed E-state index contributed by atoms with van der Waals surface area (Å²) in [6.07, 6.45) is 17.5. The molecule has 5 rings (SSSR count). The van der Waals surface area contributed by atoms with Gasteiger partial charge < -0.3 is 9.47 Å². The molecule has 4 nitrogen and oxygen atoms in total. The van der Waals surface area contributed by atoms with Gasteiger partial charge in [-0.1, -0.05) is 24.3 Å². The van der Waals surface area contributed by atoms with Crippen molar-refractivity contribution < 1.29 is 9.47 Å². The number of fused-ring (bicyclic) bond motifs is 2. The largest absolute Gasteiger partial charge is 0.446 e. The van der Waals surface area contributed by atoms with Crippen molar-refractivity contribution in [3.8, 4) is 0 Å². The molecule has 126 valence electrons. The first-order chi connectivity index (χ1) is 12.9. The molecule has 0 fully saturated rings. The van der Waals surface area contributed by atoms with Crippen molar-refractivity contribution in [1.29, 1.82) is 0 Å². The normalized spacial score (nSPS) is 20.2. The van der Waals surface area contributed by atoms with Gasteiger partial charge in [-0.05, 0) is 49.3 Å². The van der Waals surface area contributed by atoms with E-state index >= 15 is 0 Å². The Bertz CT molecular complexity index is 930. The Morgan fingerprint density at radius 3 is 1.58 bits per heavy atom. The van der Waals surface area contributed by atoms with Gasteiger partial charge in [0.2, 0.25) is 11.8 Å². The summed E-state index contributed by atoms with van der Waals surface area (Å²) in [6, 6.07) is 7.91. The molecule has 0 amide bonds. The number of nitrogens with zero attached hydrogens (tertiary/aromatic N) is 2. The van der Waals surface area contributed by atoms with Crippen LogP contribution < -0.4 is 0 Å². The average Bonchev–Trinajstić information content (AvgIpc) is 2.73. The summed E-state index contributed by atoms with van der Waals surface area (Å²) in [5.41, 5.74) is 5.99. The van der Waals surface area contributed by atoms with Crippen molar-refractivity contribution in [2.24, 2.45) is 9.98 Å². The van der Waals surface area contributed by atoms with Crippen LogP contribution in [-0.4, -0.2) is 11.8 Å². The number of allylic oxidation sites excluding steroid dienone is 8. The maximum atomic E-state index is 5.72. The third-order valence-corrected chi connectivity index (χ3v) is 4.56. The number of aliphatic imine (C=N–C) groups is 2. The van der Waals surface area contributed by atoms with E-state index < -0.39 is 0 Å². The lowest BCUT2D eigenvalue weighted by Crippen LogP contribution is -2.12. The molecule has 1 aromatic carbocycles. The van der Waals surface area contributed by atoms with Gasteiger partial charge in [-0.2, -0.15) is 0 Å². The zero-order valence-electron chi connectivity index (χ0n) is 14.1. The monoisotopic (exact) mass is 340 g/mol. The summed E-state index contributed by atoms with van der Waals surface area (Å²) in [7, 11) is 0. The second-order valence-electron chi connectivity index (χ2n) is 6.30. The van der Waals surface area contributed by atoms with Crippen LogP contribution in [0.4, 0.5) is 0 Å². The topological polar surface area (TPSA) is 43.2 Å². The zero-order valence-corrected chi connectivity index (χ0v) is 14.1. The molecule has 2 aliphatic heterocycles. The second kappa shape index (κ2) is 6.15. The van der Waals surface area contributed by atoms with Crippen LogP contribution in [0.15, 0.2) is 106 Å². The molecule has 0 unspecified atom stereocenters. The average molecular weight is 340 g/mol. The Morgan fingerprint density at radius 2 is 1.12 bits per heavy atom. The number of ether oxygens (including phenoxy) is 2. The van der Waals surface area contributed by atoms with Crippen LogP contribution in [0.3, 0.4) is 0 Å². The highest BCUT2D eigenvalue weighted by molar-refractivity contribution is 5.99. The maximum Gasteiger partial charge on any atom is 0.226 e. The van der Waals surface area contributed by atoms with Crippen LogP contribution in [0.1, 0.15) is 24.0 Å². The quantitative estimate of drug-likeness (QED) is 0.783. The fourth-order valence-corrected chi connectivity index (χ4v) is 3.11. The van der Waals surface area contributed by atoms with E-state index in [1.165, 1.54) is 0 Å². The number of hydrogen-bond acceptors (Lipinski definition) is 4. The van der Waals surface area contributed by atoms with Gasteiger partial charge in [0.25, 0.3) is 0 Å². The van der Waals surface area contributed by atoms with E-state index in [1.54, 1.807) is 12.5 Å². The lowest BCUT2D eigenvalue weighted by Gasteiger charge is -2.18. The SMILES string of the molecule is C1=CCC2=COC(c3ccc(C4=NC5=CC=CCC5=CO4)cc3)=NC2=C1. The third-order valence-electron chi connectivity index (χ3n) is 4.56. The third kappa shape index (κ3) is 2.65. The van der Waals surface area contributed by atoms with Crippen molar-refractivity contribution in [3.63, 3.8) is 0 Å². The molecule has 0 saturated heterocycles. The first kappa shape index (κ1) is 14.9. The van der Waals surface area contributed by atoms with Crippen molar-refractivity contribution in [2.45, 2.75) is 12.8 Å². The summed E-state index contributed by atoms with van der Waals surface area (Å²) >= 11 is 0. The van der Waals surface area contributed by atoms with Gasteiger partial charge >= 0.3 is 0 Å². The molecule has 26 heavy (non-hydrogen) atoms. The van der Waals surface area contributed by atoms with E-state index in [2.05, 4.69) is 22.1 Å². The molecule has 0 saturated carbocycles. The van der Waals surface area contributed by atoms with Crippen molar-refractivity contribution >= 4 is 11.8 Å². The molecule has 0 aromatic heterocycles. The number of hydrogen-bond donors (Lipinski definition) is 0. The molecule has 0 spiro atoms. The predicted octanol–water partition coefficient (Wildman–Crippen LogP) is 4.70. The van der Waals surface area contributed by atoms with Gasteiger partial charge in [0, 0.05) is 22.3 Å². The summed E-state index contributed by atoms with van der Waals surface area (Å²) < 4.78 is 11.4. The fourth-order valence-electron chi connectivity index (χ4n) is 3.11. The minimum absolute atomic E-state index is 0.607. The molecular formula is C22H16N2O2. The van der Waals surface area contributed by atoms with Gasteiger partial charge in [-0.15, -0.1) is 0 Å². The highest BCUT2D eigenvalue weighted by atomic mass is 16.5. The summed E-state index contributed by atoms with van der Waals surface area (Å²) in [6.45, 7) is 0.